The molecule has 20 heavy (non-hydrogen) atoms. The molecule has 2 unspecified atom stereocenters. The molecule has 0 radical (unpaired) electrons. The number of hydrogen-bond acceptors (Lipinski definition) is 3. The molecule has 0 fully saturated rings. The molecule has 3 nitrogen and oxygen atoms in total. The lowest BCUT2D eigenvalue weighted by atomic mass is 9.94. The first-order valence-corrected chi connectivity index (χ1v) is 6.60. The summed E-state index contributed by atoms with van der Waals surface area (Å²) in [6.45, 7) is 5.99. The highest BCUT2D eigenvalue weighted by Gasteiger charge is 2.31. The first kappa shape index (κ1) is 16.9. The highest BCUT2D eigenvalue weighted by Crippen LogP contribution is 2.32. The fourth-order valence-corrected chi connectivity index (χ4v) is 2.26. The topological polar surface area (TPSA) is 47.3 Å². The van der Waals surface area contributed by atoms with Gasteiger partial charge in [0.15, 0.2) is 0 Å². The smallest absolute Gasteiger partial charge is 0.376 e. The van der Waals surface area contributed by atoms with Crippen LogP contribution in [0.25, 0.3) is 0 Å². The molecule has 0 saturated carbocycles. The molecular formula is C14H21F3N2O. The summed E-state index contributed by atoms with van der Waals surface area (Å²) >= 11 is 0. The number of ether oxygens (including phenoxy) is 1. The van der Waals surface area contributed by atoms with Gasteiger partial charge in [-0.1, -0.05) is 13.0 Å². The summed E-state index contributed by atoms with van der Waals surface area (Å²) in [4.78, 5) is 0. The van der Waals surface area contributed by atoms with Gasteiger partial charge in [0.25, 0.3) is 0 Å². The first-order chi connectivity index (χ1) is 9.35. The van der Waals surface area contributed by atoms with Gasteiger partial charge in [-0.05, 0) is 43.5 Å². The molecule has 1 aromatic rings. The van der Waals surface area contributed by atoms with Crippen LogP contribution in [0.2, 0.25) is 0 Å². The van der Waals surface area contributed by atoms with Gasteiger partial charge in [-0.15, -0.1) is 0 Å². The van der Waals surface area contributed by atoms with Crippen LogP contribution in [0.3, 0.4) is 0 Å². The maximum absolute atomic E-state index is 12.7. The van der Waals surface area contributed by atoms with Crippen molar-refractivity contribution >= 4 is 0 Å². The maximum atomic E-state index is 12.7. The van der Waals surface area contributed by atoms with Gasteiger partial charge < -0.3 is 4.74 Å². The molecule has 0 aliphatic heterocycles. The Balaban J connectivity index is 3.10. The average Bonchev–Trinajstić information content (AvgIpc) is 2.38. The van der Waals surface area contributed by atoms with E-state index in [2.05, 4.69) is 5.43 Å². The Kier molecular flexibility index (Phi) is 5.98. The molecule has 6 heteroatoms. The molecule has 114 valence electrons. The van der Waals surface area contributed by atoms with E-state index in [-0.39, 0.29) is 12.1 Å². The molecule has 0 spiro atoms. The number of halogens is 3. The van der Waals surface area contributed by atoms with Crippen molar-refractivity contribution in [3.05, 3.63) is 34.9 Å². The van der Waals surface area contributed by atoms with Crippen molar-refractivity contribution < 1.29 is 17.9 Å². The average molecular weight is 290 g/mol. The molecule has 0 amide bonds. The third-order valence-electron chi connectivity index (χ3n) is 3.27. The predicted octanol–water partition coefficient (Wildman–Crippen LogP) is 3.33. The highest BCUT2D eigenvalue weighted by molar-refractivity contribution is 5.35. The molecule has 1 aromatic carbocycles. The minimum Gasteiger partial charge on any atom is -0.376 e. The summed E-state index contributed by atoms with van der Waals surface area (Å²) in [5.74, 6) is 5.55. The number of hydrogen-bond donors (Lipinski definition) is 2. The lowest BCUT2D eigenvalue weighted by molar-refractivity contribution is -0.137. The molecule has 3 N–H and O–H groups in total. The van der Waals surface area contributed by atoms with Crippen molar-refractivity contribution in [2.24, 2.45) is 5.84 Å². The van der Waals surface area contributed by atoms with Crippen LogP contribution in [0.5, 0.6) is 0 Å². The summed E-state index contributed by atoms with van der Waals surface area (Å²) in [6.07, 6.45) is -3.80. The van der Waals surface area contributed by atoms with Crippen LogP contribution < -0.4 is 11.3 Å². The zero-order valence-corrected chi connectivity index (χ0v) is 11.9. The second-order valence-corrected chi connectivity index (χ2v) is 4.62. The largest absolute Gasteiger partial charge is 0.416 e. The van der Waals surface area contributed by atoms with E-state index in [4.69, 9.17) is 10.6 Å². The second-order valence-electron chi connectivity index (χ2n) is 4.62. The van der Waals surface area contributed by atoms with Gasteiger partial charge in [-0.25, -0.2) is 0 Å². The highest BCUT2D eigenvalue weighted by atomic mass is 19.4. The van der Waals surface area contributed by atoms with Crippen molar-refractivity contribution in [2.45, 2.75) is 45.5 Å². The van der Waals surface area contributed by atoms with Gasteiger partial charge in [0.05, 0.1) is 17.7 Å². The zero-order chi connectivity index (χ0) is 15.3. The number of benzene rings is 1. The Labute approximate surface area is 117 Å². The predicted molar refractivity (Wildman–Crippen MR) is 72.0 cm³/mol. The number of rotatable bonds is 6. The molecule has 0 aromatic heterocycles. The van der Waals surface area contributed by atoms with Gasteiger partial charge in [0.2, 0.25) is 0 Å². The van der Waals surface area contributed by atoms with E-state index in [1.165, 1.54) is 6.07 Å². The molecular weight excluding hydrogens is 269 g/mol. The first-order valence-electron chi connectivity index (χ1n) is 6.60. The van der Waals surface area contributed by atoms with Gasteiger partial charge in [0.1, 0.15) is 0 Å². The van der Waals surface area contributed by atoms with Crippen molar-refractivity contribution in [1.82, 2.24) is 5.43 Å². The van der Waals surface area contributed by atoms with Gasteiger partial charge in [-0.2, -0.15) is 13.2 Å². The quantitative estimate of drug-likeness (QED) is 0.624. The third-order valence-corrected chi connectivity index (χ3v) is 3.27. The Morgan fingerprint density at radius 2 is 1.95 bits per heavy atom. The monoisotopic (exact) mass is 290 g/mol. The third kappa shape index (κ3) is 3.94. The summed E-state index contributed by atoms with van der Waals surface area (Å²) < 4.78 is 43.6. The molecule has 0 aliphatic rings. The number of alkyl halides is 3. The van der Waals surface area contributed by atoms with E-state index >= 15 is 0 Å². The minimum absolute atomic E-state index is 0.180. The molecule has 0 aliphatic carbocycles. The Morgan fingerprint density at radius 1 is 1.30 bits per heavy atom. The fraction of sp³-hybridized carbons (Fsp3) is 0.571. The Hall–Kier alpha value is -1.11. The number of nitrogens with two attached hydrogens (primary N) is 1. The van der Waals surface area contributed by atoms with Gasteiger partial charge in [0, 0.05) is 6.61 Å². The van der Waals surface area contributed by atoms with Crippen LogP contribution in [0, 0.1) is 6.92 Å². The standard InChI is InChI=1S/C14H21F3N2O/c1-4-12(20-5-2)13(19-18)11-7-6-10(8-9(11)3)14(15,16)17/h6-8,12-13,19H,4-5,18H2,1-3H3. The van der Waals surface area contributed by atoms with E-state index in [9.17, 15) is 13.2 Å². The fourth-order valence-electron chi connectivity index (χ4n) is 2.26. The molecule has 2 atom stereocenters. The number of hydrazine groups is 1. The van der Waals surface area contributed by atoms with Crippen LogP contribution in [-0.2, 0) is 10.9 Å². The normalized spacial score (nSPS) is 15.2. The number of aryl methyl sites for hydroxylation is 1. The summed E-state index contributed by atoms with van der Waals surface area (Å²) in [7, 11) is 0. The second kappa shape index (κ2) is 7.06. The van der Waals surface area contributed by atoms with Crippen molar-refractivity contribution in [3.63, 3.8) is 0 Å². The lowest BCUT2D eigenvalue weighted by Crippen LogP contribution is -2.38. The van der Waals surface area contributed by atoms with Crippen LogP contribution in [0.1, 0.15) is 43.0 Å². The van der Waals surface area contributed by atoms with Crippen molar-refractivity contribution in [2.75, 3.05) is 6.61 Å². The van der Waals surface area contributed by atoms with Crippen LogP contribution in [0.4, 0.5) is 13.2 Å². The van der Waals surface area contributed by atoms with E-state index in [0.29, 0.717) is 18.6 Å². The van der Waals surface area contributed by atoms with E-state index in [0.717, 1.165) is 17.7 Å². The van der Waals surface area contributed by atoms with Gasteiger partial charge in [-0.3, -0.25) is 11.3 Å². The zero-order valence-electron chi connectivity index (χ0n) is 11.9. The Bertz CT molecular complexity index is 435. The summed E-state index contributed by atoms with van der Waals surface area (Å²) in [6, 6.07) is 3.34. The Morgan fingerprint density at radius 3 is 2.35 bits per heavy atom. The minimum atomic E-state index is -4.33. The lowest BCUT2D eigenvalue weighted by Gasteiger charge is -2.27. The molecule has 0 heterocycles. The summed E-state index contributed by atoms with van der Waals surface area (Å²) in [5.41, 5.74) is 3.26. The molecule has 0 saturated heterocycles. The van der Waals surface area contributed by atoms with E-state index in [1.807, 2.05) is 13.8 Å². The SMILES string of the molecule is CCOC(CC)C(NN)c1ccc(C(F)(F)F)cc1C. The van der Waals surface area contributed by atoms with Crippen LogP contribution >= 0.6 is 0 Å². The number of nitrogens with one attached hydrogen (secondary N) is 1. The van der Waals surface area contributed by atoms with Crippen LogP contribution in [0.15, 0.2) is 18.2 Å². The van der Waals surface area contributed by atoms with Crippen LogP contribution in [-0.4, -0.2) is 12.7 Å². The van der Waals surface area contributed by atoms with Crippen molar-refractivity contribution in [3.8, 4) is 0 Å². The molecule has 1 rings (SSSR count). The summed E-state index contributed by atoms with van der Waals surface area (Å²) in [5, 5.41) is 0. The van der Waals surface area contributed by atoms with Crippen molar-refractivity contribution in [1.29, 1.82) is 0 Å². The van der Waals surface area contributed by atoms with Gasteiger partial charge >= 0.3 is 6.18 Å². The van der Waals surface area contributed by atoms with E-state index in [1.54, 1.807) is 6.92 Å². The maximum Gasteiger partial charge on any atom is 0.416 e. The molecule has 0 bridgehead atoms. The van der Waals surface area contributed by atoms with E-state index < -0.39 is 11.7 Å².